The van der Waals surface area contributed by atoms with Crippen molar-refractivity contribution in [2.24, 2.45) is 5.92 Å². The van der Waals surface area contributed by atoms with E-state index in [-0.39, 0.29) is 24.3 Å². The Morgan fingerprint density at radius 2 is 1.94 bits per heavy atom. The Morgan fingerprint density at radius 3 is 2.56 bits per heavy atom. The number of halogens is 1. The maximum Gasteiger partial charge on any atom is 0.233 e. The van der Waals surface area contributed by atoms with Crippen LogP contribution in [0.1, 0.15) is 32.4 Å². The van der Waals surface area contributed by atoms with E-state index >= 15 is 0 Å². The maximum atomic E-state index is 13.5. The molecule has 1 rings (SSSR count). The molecule has 0 saturated heterocycles. The molecule has 4 heteroatoms. The highest BCUT2D eigenvalue weighted by molar-refractivity contribution is 5.78. The maximum absolute atomic E-state index is 13.5. The van der Waals surface area contributed by atoms with Gasteiger partial charge in [0.1, 0.15) is 5.82 Å². The molecular weight excluding hydrogens is 231 g/mol. The van der Waals surface area contributed by atoms with Crippen molar-refractivity contribution in [1.82, 2.24) is 10.6 Å². The fraction of sp³-hybridized carbons (Fsp3) is 0.500. The summed E-state index contributed by atoms with van der Waals surface area (Å²) >= 11 is 0. The van der Waals surface area contributed by atoms with Crippen molar-refractivity contribution in [2.45, 2.75) is 26.8 Å². The Labute approximate surface area is 108 Å². The summed E-state index contributed by atoms with van der Waals surface area (Å²) in [6.45, 7) is 6.77. The lowest BCUT2D eigenvalue weighted by Crippen LogP contribution is -2.36. The predicted molar refractivity (Wildman–Crippen MR) is 70.7 cm³/mol. The molecule has 18 heavy (non-hydrogen) atoms. The minimum atomic E-state index is -0.250. The standard InChI is InChI=1S/C14H21FN2O/c1-10(2)8-17-14(18)9-16-11(3)12-6-4-5-7-13(12)15/h4-7,10-11,16H,8-9H2,1-3H3,(H,17,18)/t11-/m1/s1. The highest BCUT2D eigenvalue weighted by Crippen LogP contribution is 2.15. The number of hydrogen-bond acceptors (Lipinski definition) is 2. The lowest BCUT2D eigenvalue weighted by molar-refractivity contribution is -0.120. The zero-order valence-electron chi connectivity index (χ0n) is 11.2. The number of carbonyl (C=O) groups excluding carboxylic acids is 1. The van der Waals surface area contributed by atoms with Gasteiger partial charge in [-0.25, -0.2) is 4.39 Å². The van der Waals surface area contributed by atoms with E-state index in [1.54, 1.807) is 18.2 Å². The van der Waals surface area contributed by atoms with Gasteiger partial charge in [0.25, 0.3) is 0 Å². The number of benzene rings is 1. The molecule has 0 aliphatic rings. The Hall–Kier alpha value is -1.42. The second kappa shape index (κ2) is 7.11. The van der Waals surface area contributed by atoms with Crippen molar-refractivity contribution >= 4 is 5.91 Å². The van der Waals surface area contributed by atoms with E-state index in [4.69, 9.17) is 0 Å². The molecule has 1 aromatic carbocycles. The molecule has 3 nitrogen and oxygen atoms in total. The van der Waals surface area contributed by atoms with Crippen molar-refractivity contribution < 1.29 is 9.18 Å². The number of hydrogen-bond donors (Lipinski definition) is 2. The van der Waals surface area contributed by atoms with Crippen LogP contribution >= 0.6 is 0 Å². The van der Waals surface area contributed by atoms with Crippen molar-refractivity contribution in [2.75, 3.05) is 13.1 Å². The zero-order chi connectivity index (χ0) is 13.5. The molecule has 1 amide bonds. The summed E-state index contributed by atoms with van der Waals surface area (Å²) in [5.74, 6) is 0.116. The summed E-state index contributed by atoms with van der Waals surface area (Å²) in [7, 11) is 0. The van der Waals surface area contributed by atoms with E-state index in [9.17, 15) is 9.18 Å². The zero-order valence-corrected chi connectivity index (χ0v) is 11.2. The van der Waals surface area contributed by atoms with Gasteiger partial charge < -0.3 is 10.6 Å². The van der Waals surface area contributed by atoms with E-state index < -0.39 is 0 Å². The first-order chi connectivity index (χ1) is 8.50. The molecule has 1 atom stereocenters. The molecular formula is C14H21FN2O. The Balaban J connectivity index is 2.39. The molecule has 2 N–H and O–H groups in total. The van der Waals surface area contributed by atoms with Crippen molar-refractivity contribution in [3.63, 3.8) is 0 Å². The normalized spacial score (nSPS) is 12.5. The van der Waals surface area contributed by atoms with Crippen molar-refractivity contribution in [3.05, 3.63) is 35.6 Å². The summed E-state index contributed by atoms with van der Waals surface area (Å²) in [4.78, 5) is 11.5. The average Bonchev–Trinajstić information content (AvgIpc) is 2.34. The molecule has 0 aliphatic carbocycles. The van der Waals surface area contributed by atoms with Gasteiger partial charge in [0.2, 0.25) is 5.91 Å². The van der Waals surface area contributed by atoms with Crippen LogP contribution in [0, 0.1) is 11.7 Å². The molecule has 0 aliphatic heterocycles. The van der Waals surface area contributed by atoms with E-state index in [0.29, 0.717) is 18.0 Å². The Morgan fingerprint density at radius 1 is 1.28 bits per heavy atom. The number of rotatable bonds is 6. The van der Waals surface area contributed by atoms with Gasteiger partial charge in [0.05, 0.1) is 6.54 Å². The third-order valence-electron chi connectivity index (χ3n) is 2.65. The fourth-order valence-electron chi connectivity index (χ4n) is 1.56. The third kappa shape index (κ3) is 4.84. The summed E-state index contributed by atoms with van der Waals surface area (Å²) < 4.78 is 13.5. The van der Waals surface area contributed by atoms with Crippen LogP contribution in [0.15, 0.2) is 24.3 Å². The van der Waals surface area contributed by atoms with Crippen LogP contribution in [0.5, 0.6) is 0 Å². The second-order valence-corrected chi connectivity index (χ2v) is 4.82. The van der Waals surface area contributed by atoms with Gasteiger partial charge in [0.15, 0.2) is 0 Å². The molecule has 0 radical (unpaired) electrons. The highest BCUT2D eigenvalue weighted by Gasteiger charge is 2.11. The summed E-state index contributed by atoms with van der Waals surface area (Å²) in [6.07, 6.45) is 0. The smallest absolute Gasteiger partial charge is 0.233 e. The van der Waals surface area contributed by atoms with E-state index in [1.807, 2.05) is 20.8 Å². The van der Waals surface area contributed by atoms with E-state index in [2.05, 4.69) is 10.6 Å². The highest BCUT2D eigenvalue weighted by atomic mass is 19.1. The van der Waals surface area contributed by atoms with Gasteiger partial charge in [0, 0.05) is 18.2 Å². The topological polar surface area (TPSA) is 41.1 Å². The summed E-state index contributed by atoms with van der Waals surface area (Å²) in [5.41, 5.74) is 0.578. The number of carbonyl (C=O) groups is 1. The molecule has 0 aromatic heterocycles. The van der Waals surface area contributed by atoms with Crippen LogP contribution in [-0.4, -0.2) is 19.0 Å². The molecule has 1 aromatic rings. The van der Waals surface area contributed by atoms with Crippen LogP contribution in [0.25, 0.3) is 0 Å². The molecule has 0 bridgehead atoms. The lowest BCUT2D eigenvalue weighted by atomic mass is 10.1. The minimum absolute atomic E-state index is 0.0631. The molecule has 0 spiro atoms. The van der Waals surface area contributed by atoms with Crippen LogP contribution in [0.3, 0.4) is 0 Å². The second-order valence-electron chi connectivity index (χ2n) is 4.82. The average molecular weight is 252 g/mol. The van der Waals surface area contributed by atoms with Gasteiger partial charge in [-0.3, -0.25) is 4.79 Å². The fourth-order valence-corrected chi connectivity index (χ4v) is 1.56. The van der Waals surface area contributed by atoms with Crippen LogP contribution in [0.2, 0.25) is 0 Å². The number of nitrogens with one attached hydrogen (secondary N) is 2. The Kier molecular flexibility index (Phi) is 5.78. The first-order valence-electron chi connectivity index (χ1n) is 6.25. The monoisotopic (exact) mass is 252 g/mol. The molecule has 0 saturated carbocycles. The third-order valence-corrected chi connectivity index (χ3v) is 2.65. The van der Waals surface area contributed by atoms with Crippen LogP contribution in [-0.2, 0) is 4.79 Å². The Bertz CT molecular complexity index is 393. The number of amides is 1. The molecule has 0 heterocycles. The SMILES string of the molecule is CC(C)CNC(=O)CN[C@H](C)c1ccccc1F. The minimum Gasteiger partial charge on any atom is -0.355 e. The van der Waals surface area contributed by atoms with Gasteiger partial charge in [-0.2, -0.15) is 0 Å². The first-order valence-corrected chi connectivity index (χ1v) is 6.25. The van der Waals surface area contributed by atoms with Gasteiger partial charge in [-0.1, -0.05) is 32.0 Å². The summed E-state index contributed by atoms with van der Waals surface area (Å²) in [5, 5.41) is 5.82. The molecule has 0 fully saturated rings. The van der Waals surface area contributed by atoms with Crippen LogP contribution in [0.4, 0.5) is 4.39 Å². The first kappa shape index (κ1) is 14.6. The van der Waals surface area contributed by atoms with Crippen molar-refractivity contribution in [1.29, 1.82) is 0 Å². The van der Waals surface area contributed by atoms with Crippen molar-refractivity contribution in [3.8, 4) is 0 Å². The van der Waals surface area contributed by atoms with E-state index in [1.165, 1.54) is 6.07 Å². The van der Waals surface area contributed by atoms with Crippen LogP contribution < -0.4 is 10.6 Å². The lowest BCUT2D eigenvalue weighted by Gasteiger charge is -2.15. The quantitative estimate of drug-likeness (QED) is 0.815. The predicted octanol–water partition coefficient (Wildman–Crippen LogP) is 2.25. The van der Waals surface area contributed by atoms with Gasteiger partial charge >= 0.3 is 0 Å². The van der Waals surface area contributed by atoms with Gasteiger partial charge in [-0.05, 0) is 18.9 Å². The molecule has 0 unspecified atom stereocenters. The van der Waals surface area contributed by atoms with Gasteiger partial charge in [-0.15, -0.1) is 0 Å². The van der Waals surface area contributed by atoms with E-state index in [0.717, 1.165) is 0 Å². The summed E-state index contributed by atoms with van der Waals surface area (Å²) in [6, 6.07) is 6.40. The molecule has 100 valence electrons. The largest absolute Gasteiger partial charge is 0.355 e.